The highest BCUT2D eigenvalue weighted by Crippen LogP contribution is 2.46. The minimum absolute atomic E-state index is 0.0961. The number of hydrogen-bond donors (Lipinski definition) is 4. The number of aliphatic hydroxyl groups is 3. The van der Waals surface area contributed by atoms with Gasteiger partial charge in [0.2, 0.25) is 6.29 Å². The van der Waals surface area contributed by atoms with E-state index in [9.17, 15) is 24.9 Å². The second kappa shape index (κ2) is 11.2. The Hall–Kier alpha value is -4.02. The predicted molar refractivity (Wildman–Crippen MR) is 150 cm³/mol. The van der Waals surface area contributed by atoms with Crippen LogP contribution in [-0.4, -0.2) is 64.3 Å². The zero-order chi connectivity index (χ0) is 28.6. The molecular weight excluding hydrogens is 512 g/mol. The van der Waals surface area contributed by atoms with Crippen LogP contribution in [0.2, 0.25) is 0 Å². The van der Waals surface area contributed by atoms with Gasteiger partial charge in [0.1, 0.15) is 18.3 Å². The number of hydrogen-bond acceptors (Lipinski definition) is 9. The van der Waals surface area contributed by atoms with Crippen molar-refractivity contribution < 1.29 is 34.4 Å². The summed E-state index contributed by atoms with van der Waals surface area (Å²) in [4.78, 5) is 28.6. The number of nitrogens with zero attached hydrogens (tertiary/aromatic N) is 1. The number of rotatable bonds is 6. The van der Waals surface area contributed by atoms with Crippen LogP contribution in [0.1, 0.15) is 47.1 Å². The zero-order valence-electron chi connectivity index (χ0n) is 22.4. The molecule has 9 heteroatoms. The first-order chi connectivity index (χ1) is 19.2. The number of carbonyl (C=O) groups excluding carboxylic acids is 2. The van der Waals surface area contributed by atoms with Crippen molar-refractivity contribution in [3.05, 3.63) is 95.1 Å². The first kappa shape index (κ1) is 27.5. The molecule has 2 aliphatic heterocycles. The van der Waals surface area contributed by atoms with E-state index in [2.05, 4.69) is 11.4 Å². The van der Waals surface area contributed by atoms with Gasteiger partial charge in [-0.3, -0.25) is 4.79 Å². The van der Waals surface area contributed by atoms with Crippen molar-refractivity contribution in [3.8, 4) is 0 Å². The Morgan fingerprint density at radius 1 is 0.925 bits per heavy atom. The largest absolute Gasteiger partial charge is 0.429 e. The SMILES string of the molecule is CC(C)=CCN1c2cc(C(=O)c3ccccc3)ccc2Nc2c(C(=O)O[C@@H]3O[C@@H](C)[C@H](O)[C@@H](O)[C@H]3O)cccc21. The lowest BCUT2D eigenvalue weighted by Crippen LogP contribution is -2.57. The predicted octanol–water partition coefficient (Wildman–Crippen LogP) is 4.06. The molecule has 4 N–H and O–H groups in total. The average Bonchev–Trinajstić information content (AvgIpc) is 2.96. The number of esters is 1. The molecule has 0 saturated carbocycles. The fourth-order valence-electron chi connectivity index (χ4n) is 4.84. The van der Waals surface area contributed by atoms with Crippen molar-refractivity contribution in [1.82, 2.24) is 0 Å². The summed E-state index contributed by atoms with van der Waals surface area (Å²) in [6.45, 7) is 5.99. The van der Waals surface area contributed by atoms with Gasteiger partial charge in [-0.25, -0.2) is 4.79 Å². The Labute approximate surface area is 232 Å². The third-order valence-corrected chi connectivity index (χ3v) is 7.11. The summed E-state index contributed by atoms with van der Waals surface area (Å²) in [5.41, 5.74) is 5.07. The summed E-state index contributed by atoms with van der Waals surface area (Å²) < 4.78 is 10.9. The van der Waals surface area contributed by atoms with Gasteiger partial charge >= 0.3 is 5.97 Å². The molecule has 0 unspecified atom stereocenters. The van der Waals surface area contributed by atoms with E-state index in [1.807, 2.05) is 49.1 Å². The number of ketones is 1. The summed E-state index contributed by atoms with van der Waals surface area (Å²) in [6.07, 6.45) is -4.70. The zero-order valence-corrected chi connectivity index (χ0v) is 22.4. The third-order valence-electron chi connectivity index (χ3n) is 7.11. The van der Waals surface area contributed by atoms with Crippen molar-refractivity contribution in [2.45, 2.75) is 51.5 Å². The highest BCUT2D eigenvalue weighted by molar-refractivity contribution is 6.11. The van der Waals surface area contributed by atoms with Crippen LogP contribution in [0.25, 0.3) is 0 Å². The number of ether oxygens (including phenoxy) is 2. The second-order valence-corrected chi connectivity index (χ2v) is 10.2. The van der Waals surface area contributed by atoms with Crippen molar-refractivity contribution >= 4 is 34.5 Å². The van der Waals surface area contributed by atoms with E-state index in [1.54, 1.807) is 36.4 Å². The van der Waals surface area contributed by atoms with Gasteiger partial charge in [0.25, 0.3) is 0 Å². The van der Waals surface area contributed by atoms with E-state index >= 15 is 0 Å². The van der Waals surface area contributed by atoms with Crippen LogP contribution in [0, 0.1) is 0 Å². The first-order valence-corrected chi connectivity index (χ1v) is 13.1. The first-order valence-electron chi connectivity index (χ1n) is 13.1. The van der Waals surface area contributed by atoms with Crippen LogP contribution >= 0.6 is 0 Å². The van der Waals surface area contributed by atoms with E-state index in [0.29, 0.717) is 34.7 Å². The summed E-state index contributed by atoms with van der Waals surface area (Å²) in [7, 11) is 0. The number of allylic oxidation sites excluding steroid dienone is 1. The minimum Gasteiger partial charge on any atom is -0.429 e. The highest BCUT2D eigenvalue weighted by Gasteiger charge is 2.44. The molecule has 208 valence electrons. The van der Waals surface area contributed by atoms with Gasteiger partial charge in [-0.2, -0.15) is 0 Å². The molecule has 1 saturated heterocycles. The van der Waals surface area contributed by atoms with Gasteiger partial charge < -0.3 is 35.0 Å². The number of nitrogens with one attached hydrogen (secondary N) is 1. The molecule has 5 atom stereocenters. The van der Waals surface area contributed by atoms with Crippen molar-refractivity contribution in [3.63, 3.8) is 0 Å². The molecule has 40 heavy (non-hydrogen) atoms. The number of aliphatic hydroxyl groups excluding tert-OH is 3. The molecule has 0 bridgehead atoms. The summed E-state index contributed by atoms with van der Waals surface area (Å²) in [5, 5.41) is 33.7. The molecule has 0 aromatic heterocycles. The van der Waals surface area contributed by atoms with Gasteiger partial charge in [0, 0.05) is 17.7 Å². The molecule has 1 fully saturated rings. The monoisotopic (exact) mass is 544 g/mol. The maximum Gasteiger partial charge on any atom is 0.342 e. The number of anilines is 4. The molecule has 5 rings (SSSR count). The molecule has 0 radical (unpaired) electrons. The molecule has 3 aromatic rings. The van der Waals surface area contributed by atoms with Crippen LogP contribution < -0.4 is 10.2 Å². The number of carbonyl (C=O) groups is 2. The summed E-state index contributed by atoms with van der Waals surface area (Å²) in [5.74, 6) is -0.869. The Morgan fingerprint density at radius 3 is 2.40 bits per heavy atom. The Bertz CT molecular complexity index is 1450. The quantitative estimate of drug-likeness (QED) is 0.206. The van der Waals surface area contributed by atoms with Crippen LogP contribution in [0.15, 0.2) is 78.4 Å². The fourth-order valence-corrected chi connectivity index (χ4v) is 4.84. The van der Waals surface area contributed by atoms with Crippen molar-refractivity contribution in [2.24, 2.45) is 0 Å². The normalized spacial score (nSPS) is 23.4. The summed E-state index contributed by atoms with van der Waals surface area (Å²) >= 11 is 0. The molecule has 3 aromatic carbocycles. The maximum absolute atomic E-state index is 13.3. The van der Waals surface area contributed by atoms with Crippen LogP contribution in [0.3, 0.4) is 0 Å². The number of benzene rings is 3. The molecule has 2 heterocycles. The lowest BCUT2D eigenvalue weighted by Gasteiger charge is -2.38. The average molecular weight is 545 g/mol. The molecule has 0 aliphatic carbocycles. The minimum atomic E-state index is -1.61. The lowest BCUT2D eigenvalue weighted by atomic mass is 9.99. The third kappa shape index (κ3) is 5.24. The standard InChI is InChI=1S/C31H32N2O7/c1-17(2)14-15-33-23-11-7-10-21(30(38)40-31-29(37)28(36)26(34)18(3)39-31)25(23)32-22-13-12-20(16-24(22)33)27(35)19-8-5-4-6-9-19/h4-14,16,18,26,28-29,31-32,34,36-37H,15H2,1-3H3/t18-,26-,28+,29+,31-/m0/s1. The van der Waals surface area contributed by atoms with Gasteiger partial charge in [-0.1, -0.05) is 48.0 Å². The topological polar surface area (TPSA) is 129 Å². The number of fused-ring (bicyclic) bond motifs is 2. The Kier molecular flexibility index (Phi) is 7.73. The molecular formula is C31H32N2O7. The number of para-hydroxylation sites is 1. The van der Waals surface area contributed by atoms with Crippen LogP contribution in [0.5, 0.6) is 0 Å². The molecule has 9 nitrogen and oxygen atoms in total. The highest BCUT2D eigenvalue weighted by atomic mass is 16.7. The molecule has 0 amide bonds. The lowest BCUT2D eigenvalue weighted by molar-refractivity contribution is -0.276. The summed E-state index contributed by atoms with van der Waals surface area (Å²) in [6, 6.07) is 19.6. The molecule has 2 aliphatic rings. The van der Waals surface area contributed by atoms with Crippen LogP contribution in [0.4, 0.5) is 22.7 Å². The van der Waals surface area contributed by atoms with E-state index in [1.165, 1.54) is 6.92 Å². The maximum atomic E-state index is 13.3. The molecule has 0 spiro atoms. The second-order valence-electron chi connectivity index (χ2n) is 10.2. The van der Waals surface area contributed by atoms with E-state index in [0.717, 1.165) is 11.3 Å². The van der Waals surface area contributed by atoms with E-state index < -0.39 is 36.7 Å². The van der Waals surface area contributed by atoms with Gasteiger partial charge in [0.15, 0.2) is 5.78 Å². The van der Waals surface area contributed by atoms with Crippen molar-refractivity contribution in [2.75, 3.05) is 16.8 Å². The van der Waals surface area contributed by atoms with E-state index in [4.69, 9.17) is 9.47 Å². The van der Waals surface area contributed by atoms with E-state index in [-0.39, 0.29) is 11.3 Å². The van der Waals surface area contributed by atoms with Gasteiger partial charge in [-0.05, 0) is 51.1 Å². The van der Waals surface area contributed by atoms with Gasteiger partial charge in [0.05, 0.1) is 34.4 Å². The smallest absolute Gasteiger partial charge is 0.342 e. The van der Waals surface area contributed by atoms with Crippen LogP contribution in [-0.2, 0) is 9.47 Å². The Morgan fingerprint density at radius 2 is 1.68 bits per heavy atom. The fraction of sp³-hybridized carbons (Fsp3) is 0.290. The Balaban J connectivity index is 1.49. The van der Waals surface area contributed by atoms with Gasteiger partial charge in [-0.15, -0.1) is 0 Å². The van der Waals surface area contributed by atoms with Crippen molar-refractivity contribution in [1.29, 1.82) is 0 Å².